The fraction of sp³-hybridized carbons (Fsp3) is 0.261. The van der Waals surface area contributed by atoms with Crippen LogP contribution in [0.25, 0.3) is 6.08 Å². The second-order valence-electron chi connectivity index (χ2n) is 7.00. The highest BCUT2D eigenvalue weighted by Crippen LogP contribution is 2.40. The first-order valence-electron chi connectivity index (χ1n) is 10.1. The number of halogens is 2. The molecule has 2 aromatic rings. The smallest absolute Gasteiger partial charge is 0.336 e. The average Bonchev–Trinajstić information content (AvgIpc) is 2.81. The molecule has 3 rings (SSSR count). The van der Waals surface area contributed by atoms with E-state index in [0.29, 0.717) is 28.1 Å². The largest absolute Gasteiger partial charge is 0.495 e. The number of anilines is 1. The van der Waals surface area contributed by atoms with E-state index in [-0.39, 0.29) is 27.8 Å². The van der Waals surface area contributed by atoms with Crippen LogP contribution in [0.15, 0.2) is 34.3 Å². The molecule has 1 saturated heterocycles. The van der Waals surface area contributed by atoms with Gasteiger partial charge in [0.1, 0.15) is 17.1 Å². The number of nitrogens with zero attached hydrogens (tertiary/aromatic N) is 1. The van der Waals surface area contributed by atoms with Gasteiger partial charge in [0.05, 0.1) is 43.1 Å². The van der Waals surface area contributed by atoms with Crippen LogP contribution in [-0.2, 0) is 9.59 Å². The fourth-order valence-electron chi connectivity index (χ4n) is 3.23. The van der Waals surface area contributed by atoms with Crippen molar-refractivity contribution in [1.82, 2.24) is 5.32 Å². The minimum atomic E-state index is -0.933. The van der Waals surface area contributed by atoms with Crippen molar-refractivity contribution in [2.24, 2.45) is 0 Å². The van der Waals surface area contributed by atoms with Crippen molar-refractivity contribution in [1.29, 1.82) is 0 Å². The zero-order valence-electron chi connectivity index (χ0n) is 18.9. The summed E-state index contributed by atoms with van der Waals surface area (Å²) >= 11 is 9.57. The number of hydrogen-bond acceptors (Lipinski definition) is 7. The van der Waals surface area contributed by atoms with Crippen LogP contribution in [0.1, 0.15) is 18.9 Å². The third-order valence-corrected chi connectivity index (χ3v) is 5.69. The molecule has 1 aliphatic heterocycles. The molecule has 0 radical (unpaired) electrons. The molecule has 0 spiro atoms. The lowest BCUT2D eigenvalue weighted by Crippen LogP contribution is -2.54. The Kier molecular flexibility index (Phi) is 8.06. The Morgan fingerprint density at radius 1 is 1.00 bits per heavy atom. The maximum atomic E-state index is 13.3. The maximum absolute atomic E-state index is 13.3. The molecule has 34 heavy (non-hydrogen) atoms. The lowest BCUT2D eigenvalue weighted by atomic mass is 10.1. The molecule has 0 saturated carbocycles. The quantitative estimate of drug-likeness (QED) is 0.377. The highest BCUT2D eigenvalue weighted by Gasteiger charge is 2.38. The average molecular weight is 554 g/mol. The SMILES string of the molecule is CCCOc1c(Br)cc(/C=C2/C(=O)NC(=O)N(c3cc(OC)c(Cl)cc3OC)C2=O)cc1OC. The van der Waals surface area contributed by atoms with E-state index in [1.165, 1.54) is 39.5 Å². The van der Waals surface area contributed by atoms with Crippen molar-refractivity contribution in [2.75, 3.05) is 32.8 Å². The van der Waals surface area contributed by atoms with Crippen LogP contribution < -0.4 is 29.2 Å². The number of imide groups is 2. The van der Waals surface area contributed by atoms with Gasteiger partial charge in [-0.25, -0.2) is 9.69 Å². The van der Waals surface area contributed by atoms with Crippen LogP contribution in [0.5, 0.6) is 23.0 Å². The first-order valence-corrected chi connectivity index (χ1v) is 11.3. The van der Waals surface area contributed by atoms with Crippen LogP contribution in [0.2, 0.25) is 5.02 Å². The number of benzene rings is 2. The molecule has 0 atom stereocenters. The van der Waals surface area contributed by atoms with Crippen LogP contribution in [0.3, 0.4) is 0 Å². The second kappa shape index (κ2) is 10.8. The van der Waals surface area contributed by atoms with Crippen LogP contribution in [-0.4, -0.2) is 45.8 Å². The first kappa shape index (κ1) is 25.4. The van der Waals surface area contributed by atoms with Crippen molar-refractivity contribution in [3.05, 3.63) is 44.9 Å². The van der Waals surface area contributed by atoms with Gasteiger partial charge < -0.3 is 18.9 Å². The maximum Gasteiger partial charge on any atom is 0.336 e. The van der Waals surface area contributed by atoms with Gasteiger partial charge in [0.25, 0.3) is 11.8 Å². The minimum absolute atomic E-state index is 0.0618. The molecule has 0 unspecified atom stereocenters. The molecule has 0 aromatic heterocycles. The Balaban J connectivity index is 2.08. The van der Waals surface area contributed by atoms with Crippen molar-refractivity contribution < 1.29 is 33.3 Å². The van der Waals surface area contributed by atoms with E-state index in [2.05, 4.69) is 21.2 Å². The summed E-state index contributed by atoms with van der Waals surface area (Å²) in [6.45, 7) is 2.46. The first-order chi connectivity index (χ1) is 16.2. The van der Waals surface area contributed by atoms with Gasteiger partial charge in [0.15, 0.2) is 11.5 Å². The number of barbiturate groups is 1. The summed E-state index contributed by atoms with van der Waals surface area (Å²) in [4.78, 5) is 39.3. The fourth-order valence-corrected chi connectivity index (χ4v) is 4.03. The predicted molar refractivity (Wildman–Crippen MR) is 130 cm³/mol. The number of ether oxygens (including phenoxy) is 4. The molecule has 2 aromatic carbocycles. The summed E-state index contributed by atoms with van der Waals surface area (Å²) in [6, 6.07) is 5.15. The molecule has 0 bridgehead atoms. The lowest BCUT2D eigenvalue weighted by molar-refractivity contribution is -0.122. The highest BCUT2D eigenvalue weighted by molar-refractivity contribution is 9.10. The van der Waals surface area contributed by atoms with Gasteiger partial charge >= 0.3 is 6.03 Å². The Morgan fingerprint density at radius 3 is 2.29 bits per heavy atom. The molecule has 9 nitrogen and oxygen atoms in total. The van der Waals surface area contributed by atoms with E-state index in [9.17, 15) is 14.4 Å². The summed E-state index contributed by atoms with van der Waals surface area (Å²) in [7, 11) is 4.24. The number of nitrogens with one attached hydrogen (secondary N) is 1. The van der Waals surface area contributed by atoms with Gasteiger partial charge in [0, 0.05) is 12.1 Å². The van der Waals surface area contributed by atoms with Gasteiger partial charge in [-0.15, -0.1) is 0 Å². The molecule has 1 heterocycles. The molecule has 4 amide bonds. The van der Waals surface area contributed by atoms with Gasteiger partial charge in [0.2, 0.25) is 0 Å². The Bertz CT molecular complexity index is 1180. The molecule has 1 aliphatic rings. The zero-order valence-corrected chi connectivity index (χ0v) is 21.2. The number of carbonyl (C=O) groups excluding carboxylic acids is 3. The van der Waals surface area contributed by atoms with Crippen LogP contribution in [0, 0.1) is 0 Å². The van der Waals surface area contributed by atoms with Gasteiger partial charge in [-0.3, -0.25) is 14.9 Å². The highest BCUT2D eigenvalue weighted by atomic mass is 79.9. The predicted octanol–water partition coefficient (Wildman–Crippen LogP) is 4.58. The summed E-state index contributed by atoms with van der Waals surface area (Å²) < 4.78 is 22.2. The van der Waals surface area contributed by atoms with E-state index < -0.39 is 17.8 Å². The van der Waals surface area contributed by atoms with Crippen molar-refractivity contribution >= 4 is 57.1 Å². The van der Waals surface area contributed by atoms with E-state index in [4.69, 9.17) is 30.5 Å². The lowest BCUT2D eigenvalue weighted by Gasteiger charge is -2.28. The van der Waals surface area contributed by atoms with E-state index in [0.717, 1.165) is 11.3 Å². The Hall–Kier alpha value is -3.24. The number of hydrogen-bond donors (Lipinski definition) is 1. The molecule has 1 fully saturated rings. The van der Waals surface area contributed by atoms with Crippen LogP contribution in [0.4, 0.5) is 10.5 Å². The Morgan fingerprint density at radius 2 is 1.68 bits per heavy atom. The second-order valence-corrected chi connectivity index (χ2v) is 8.26. The number of carbonyl (C=O) groups is 3. The molecule has 11 heteroatoms. The van der Waals surface area contributed by atoms with Gasteiger partial charge in [-0.1, -0.05) is 18.5 Å². The van der Waals surface area contributed by atoms with E-state index in [1.54, 1.807) is 12.1 Å². The summed E-state index contributed by atoms with van der Waals surface area (Å²) in [5, 5.41) is 2.40. The van der Waals surface area contributed by atoms with Crippen molar-refractivity contribution in [2.45, 2.75) is 13.3 Å². The van der Waals surface area contributed by atoms with Crippen molar-refractivity contribution in [3.8, 4) is 23.0 Å². The number of amides is 4. The van der Waals surface area contributed by atoms with Gasteiger partial charge in [-0.2, -0.15) is 0 Å². The monoisotopic (exact) mass is 552 g/mol. The third kappa shape index (κ3) is 4.97. The molecule has 1 N–H and O–H groups in total. The molecule has 0 aliphatic carbocycles. The minimum Gasteiger partial charge on any atom is -0.495 e. The number of urea groups is 1. The summed E-state index contributed by atoms with van der Waals surface area (Å²) in [5.74, 6) is -0.414. The van der Waals surface area contributed by atoms with E-state index >= 15 is 0 Å². The number of rotatable bonds is 8. The van der Waals surface area contributed by atoms with Gasteiger partial charge in [-0.05, 0) is 46.1 Å². The molecular weight excluding hydrogens is 532 g/mol. The van der Waals surface area contributed by atoms with Crippen LogP contribution >= 0.6 is 27.5 Å². The Labute approximate surface area is 209 Å². The summed E-state index contributed by atoms with van der Waals surface area (Å²) in [5.41, 5.74) is 0.263. The van der Waals surface area contributed by atoms with Crippen molar-refractivity contribution in [3.63, 3.8) is 0 Å². The topological polar surface area (TPSA) is 103 Å². The number of methoxy groups -OCH3 is 3. The standard InChI is InChI=1S/C23H22BrClN2O7/c1-5-6-34-20-14(24)8-12(9-19(20)33-4)7-13-21(28)26-23(30)27(22(13)29)16-11-17(31-2)15(25)10-18(16)32-3/h7-11H,5-6H2,1-4H3,(H,26,28,30)/b13-7-. The zero-order chi connectivity index (χ0) is 25.0. The molecule has 180 valence electrons. The molecular formula is C23H22BrClN2O7. The third-order valence-electron chi connectivity index (χ3n) is 4.81. The normalized spacial score (nSPS) is 14.8. The van der Waals surface area contributed by atoms with E-state index in [1.807, 2.05) is 6.92 Å². The summed E-state index contributed by atoms with van der Waals surface area (Å²) in [6.07, 6.45) is 2.16.